The first-order valence-corrected chi connectivity index (χ1v) is 1.63. The fourth-order valence-corrected chi connectivity index (χ4v) is 0. The van der Waals surface area contributed by atoms with Crippen LogP contribution in [0.5, 0.6) is 0 Å². The van der Waals surface area contributed by atoms with Crippen molar-refractivity contribution in [1.82, 2.24) is 0 Å². The van der Waals surface area contributed by atoms with Crippen molar-refractivity contribution < 1.29 is 9.66 Å². The lowest BCUT2D eigenvalue weighted by molar-refractivity contribution is -0.445. The van der Waals surface area contributed by atoms with Gasteiger partial charge < -0.3 is 4.74 Å². The van der Waals surface area contributed by atoms with E-state index in [4.69, 9.17) is 10.1 Å². The summed E-state index contributed by atoms with van der Waals surface area (Å²) >= 11 is 0. The zero-order valence-electron chi connectivity index (χ0n) is 4.67. The van der Waals surface area contributed by atoms with Gasteiger partial charge >= 0.3 is 0 Å². The third kappa shape index (κ3) is 148. The lowest BCUT2D eigenvalue weighted by Crippen LogP contribution is -1.79. The van der Waals surface area contributed by atoms with Crippen LogP contribution < -0.4 is 0 Å². The molecule has 0 atom stereocenters. The molecule has 0 radical (unpaired) electrons. The number of methoxy groups -OCH3 is 1. The Balaban J connectivity index is 0. The predicted molar refractivity (Wildman–Crippen MR) is 25.9 cm³/mol. The molecule has 0 heterocycles. The second-order valence-electron chi connectivity index (χ2n) is 0.848. The van der Waals surface area contributed by atoms with Gasteiger partial charge in [0.2, 0.25) is 0 Å². The number of nitro groups is 1. The molecule has 0 aromatic heterocycles. The topological polar surface area (TPSA) is 52.4 Å². The number of ether oxygens (including phenoxy) is 1. The minimum absolute atomic E-state index is 0.500. The number of rotatable bonds is 0. The first-order valence-electron chi connectivity index (χ1n) is 1.63. The summed E-state index contributed by atoms with van der Waals surface area (Å²) in [6, 6.07) is 0. The van der Waals surface area contributed by atoms with Crippen LogP contribution >= 0.6 is 0 Å². The summed E-state index contributed by atoms with van der Waals surface area (Å²) in [5.41, 5.74) is 0. The normalized spacial score (nSPS) is 6.14. The van der Waals surface area contributed by atoms with E-state index < -0.39 is 4.92 Å². The molecule has 0 saturated carbocycles. The molecule has 0 saturated heterocycles. The Morgan fingerprint density at radius 1 is 1.57 bits per heavy atom. The lowest BCUT2D eigenvalue weighted by Gasteiger charge is -1.63. The van der Waals surface area contributed by atoms with Crippen LogP contribution in [0.15, 0.2) is 0 Å². The molecule has 4 heteroatoms. The van der Waals surface area contributed by atoms with Gasteiger partial charge in [-0.3, -0.25) is 10.1 Å². The molecule has 44 valence electrons. The van der Waals surface area contributed by atoms with E-state index in [9.17, 15) is 0 Å². The molecule has 0 spiro atoms. The van der Waals surface area contributed by atoms with E-state index in [-0.39, 0.29) is 0 Å². The van der Waals surface area contributed by atoms with Gasteiger partial charge in [0.1, 0.15) is 0 Å². The Morgan fingerprint density at radius 2 is 1.57 bits per heavy atom. The standard InChI is InChI=1S/C2H6O.CH3NO2/c1-3-2;1-2(3)4/h1-2H3;1H3. The van der Waals surface area contributed by atoms with Crippen LogP contribution in [0.1, 0.15) is 0 Å². The van der Waals surface area contributed by atoms with E-state index in [1.54, 1.807) is 14.2 Å². The van der Waals surface area contributed by atoms with Gasteiger partial charge in [-0.2, -0.15) is 0 Å². The van der Waals surface area contributed by atoms with Gasteiger partial charge in [-0.05, 0) is 0 Å². The second-order valence-corrected chi connectivity index (χ2v) is 0.848. The van der Waals surface area contributed by atoms with Gasteiger partial charge in [0.15, 0.2) is 7.05 Å². The summed E-state index contributed by atoms with van der Waals surface area (Å²) in [7, 11) is 4.14. The summed E-state index contributed by atoms with van der Waals surface area (Å²) in [6.45, 7) is 0. The molecule has 0 amide bonds. The molecule has 0 unspecified atom stereocenters. The maximum absolute atomic E-state index is 8.81. The van der Waals surface area contributed by atoms with Gasteiger partial charge in [0.25, 0.3) is 0 Å². The third-order valence-electron chi connectivity index (χ3n) is 0. The number of nitrogens with zero attached hydrogens (tertiary/aromatic N) is 1. The molecule has 0 aliphatic carbocycles. The van der Waals surface area contributed by atoms with Crippen molar-refractivity contribution >= 4 is 0 Å². The van der Waals surface area contributed by atoms with E-state index >= 15 is 0 Å². The lowest BCUT2D eigenvalue weighted by atomic mass is 11.5. The summed E-state index contributed by atoms with van der Waals surface area (Å²) in [5.74, 6) is 0. The van der Waals surface area contributed by atoms with Crippen molar-refractivity contribution in [2.75, 3.05) is 21.3 Å². The molecule has 7 heavy (non-hydrogen) atoms. The largest absolute Gasteiger partial charge is 0.388 e. The van der Waals surface area contributed by atoms with Crippen LogP contribution in [0, 0.1) is 10.1 Å². The van der Waals surface area contributed by atoms with Crippen molar-refractivity contribution in [3.05, 3.63) is 10.1 Å². The second kappa shape index (κ2) is 9.03. The molecule has 4 nitrogen and oxygen atoms in total. The Labute approximate surface area is 42.2 Å². The van der Waals surface area contributed by atoms with Crippen LogP contribution in [-0.2, 0) is 4.74 Å². The molecule has 0 rings (SSSR count). The maximum Gasteiger partial charge on any atom is 0.194 e. The molecule has 0 aromatic carbocycles. The van der Waals surface area contributed by atoms with Gasteiger partial charge in [-0.15, -0.1) is 0 Å². The van der Waals surface area contributed by atoms with Crippen LogP contribution in [0.25, 0.3) is 0 Å². The number of hydrogen-bond acceptors (Lipinski definition) is 3. The van der Waals surface area contributed by atoms with Crippen LogP contribution in [0.2, 0.25) is 0 Å². The fraction of sp³-hybridized carbons (Fsp3) is 1.00. The Bertz CT molecular complexity index is 41.4. The van der Waals surface area contributed by atoms with E-state index in [2.05, 4.69) is 4.74 Å². The van der Waals surface area contributed by atoms with E-state index in [0.29, 0.717) is 0 Å². The highest BCUT2D eigenvalue weighted by atomic mass is 16.6. The smallest absolute Gasteiger partial charge is 0.194 e. The number of hydrogen-bond donors (Lipinski definition) is 0. The molecule has 0 N–H and O–H groups in total. The van der Waals surface area contributed by atoms with Crippen LogP contribution in [0.4, 0.5) is 0 Å². The van der Waals surface area contributed by atoms with Gasteiger partial charge in [0.05, 0.1) is 0 Å². The first kappa shape index (κ1) is 9.61. The zero-order chi connectivity index (χ0) is 6.28. The van der Waals surface area contributed by atoms with E-state index in [1.807, 2.05) is 0 Å². The van der Waals surface area contributed by atoms with Crippen LogP contribution in [0.3, 0.4) is 0 Å². The Hall–Kier alpha value is -0.640. The molecule has 0 aliphatic rings. The third-order valence-corrected chi connectivity index (χ3v) is 0. The Morgan fingerprint density at radius 3 is 1.57 bits per heavy atom. The minimum atomic E-state index is -0.500. The Kier molecular flexibility index (Phi) is 12.4. The first-order chi connectivity index (χ1) is 3.15. The summed E-state index contributed by atoms with van der Waals surface area (Å²) < 4.78 is 4.25. The quantitative estimate of drug-likeness (QED) is 0.327. The van der Waals surface area contributed by atoms with Gasteiger partial charge in [-0.1, -0.05) is 0 Å². The monoisotopic (exact) mass is 107 g/mol. The molecular formula is C3H9NO3. The van der Waals surface area contributed by atoms with Crippen LogP contribution in [-0.4, -0.2) is 26.2 Å². The van der Waals surface area contributed by atoms with Crippen molar-refractivity contribution in [3.63, 3.8) is 0 Å². The molecule has 0 fully saturated rings. The van der Waals surface area contributed by atoms with Gasteiger partial charge in [0, 0.05) is 19.1 Å². The molecule has 0 bridgehead atoms. The summed E-state index contributed by atoms with van der Waals surface area (Å²) in [4.78, 5) is 8.31. The average molecular weight is 107 g/mol. The summed E-state index contributed by atoms with van der Waals surface area (Å²) in [5, 5.41) is 8.81. The molecule has 0 aliphatic heterocycles. The van der Waals surface area contributed by atoms with Crippen molar-refractivity contribution in [2.24, 2.45) is 0 Å². The molecule has 0 aromatic rings. The zero-order valence-corrected chi connectivity index (χ0v) is 4.67. The van der Waals surface area contributed by atoms with E-state index in [0.717, 1.165) is 7.05 Å². The molecular weight excluding hydrogens is 98.0 g/mol. The maximum atomic E-state index is 8.81. The summed E-state index contributed by atoms with van der Waals surface area (Å²) in [6.07, 6.45) is 0. The van der Waals surface area contributed by atoms with Crippen molar-refractivity contribution in [2.45, 2.75) is 0 Å². The average Bonchev–Trinajstić information content (AvgIpc) is 1.33. The van der Waals surface area contributed by atoms with Gasteiger partial charge in [-0.25, -0.2) is 0 Å². The predicted octanol–water partition coefficient (Wildman–Crippen LogP) is 0.155. The van der Waals surface area contributed by atoms with Crippen molar-refractivity contribution in [1.29, 1.82) is 0 Å². The van der Waals surface area contributed by atoms with E-state index in [1.165, 1.54) is 0 Å². The highest BCUT2D eigenvalue weighted by Crippen LogP contribution is 1.39. The SMILES string of the molecule is COC.C[N+](=O)[O-]. The highest BCUT2D eigenvalue weighted by Gasteiger charge is 1.57. The highest BCUT2D eigenvalue weighted by molar-refractivity contribution is 3.91. The minimum Gasteiger partial charge on any atom is -0.388 e. The fourth-order valence-electron chi connectivity index (χ4n) is 0. The van der Waals surface area contributed by atoms with Crippen molar-refractivity contribution in [3.8, 4) is 0 Å².